The van der Waals surface area contributed by atoms with Crippen molar-refractivity contribution >= 4 is 23.3 Å². The zero-order chi connectivity index (χ0) is 13.1. The Hall–Kier alpha value is -1.29. The highest BCUT2D eigenvalue weighted by molar-refractivity contribution is 6.33. The number of nitrogens with zero attached hydrogens (tertiary/aromatic N) is 2. The van der Waals surface area contributed by atoms with E-state index in [1.165, 1.54) is 6.42 Å². The molecule has 0 saturated carbocycles. The number of carbonyl (C=O) groups is 1. The van der Waals surface area contributed by atoms with Crippen molar-refractivity contribution in [3.63, 3.8) is 0 Å². The highest BCUT2D eigenvalue weighted by Crippen LogP contribution is 2.24. The summed E-state index contributed by atoms with van der Waals surface area (Å²) in [6.45, 7) is 2.88. The fraction of sp³-hybridized carbons (Fsp3) is 0.538. The van der Waals surface area contributed by atoms with Crippen LogP contribution in [0.1, 0.15) is 43.1 Å². The van der Waals surface area contributed by atoms with Gasteiger partial charge in [-0.3, -0.25) is 4.79 Å². The predicted octanol–water partition coefficient (Wildman–Crippen LogP) is 2.72. The van der Waals surface area contributed by atoms with Gasteiger partial charge >= 0.3 is 0 Å². The second-order valence-corrected chi connectivity index (χ2v) is 5.03. The summed E-state index contributed by atoms with van der Waals surface area (Å²) in [6, 6.07) is 3.53. The summed E-state index contributed by atoms with van der Waals surface area (Å²) in [4.78, 5) is 18.4. The number of aromatic nitrogens is 1. The van der Waals surface area contributed by atoms with Crippen LogP contribution in [0.4, 0.5) is 5.82 Å². The minimum absolute atomic E-state index is 0.0983. The molecular weight excluding hydrogens is 250 g/mol. The van der Waals surface area contributed by atoms with Gasteiger partial charge in [-0.05, 0) is 37.8 Å². The Bertz CT molecular complexity index is 450. The maximum Gasteiger partial charge on any atom is 0.274 e. The molecule has 1 aliphatic heterocycles. The van der Waals surface area contributed by atoms with E-state index in [0.29, 0.717) is 16.9 Å². The van der Waals surface area contributed by atoms with Crippen molar-refractivity contribution in [2.75, 3.05) is 12.3 Å². The highest BCUT2D eigenvalue weighted by atomic mass is 35.5. The predicted molar refractivity (Wildman–Crippen MR) is 72.6 cm³/mol. The SMILES string of the molecule is CCC1CCCCN1C(=O)c1nc(N)ccc1Cl. The molecule has 1 fully saturated rings. The minimum Gasteiger partial charge on any atom is -0.384 e. The molecule has 1 aromatic rings. The van der Waals surface area contributed by atoms with E-state index in [4.69, 9.17) is 17.3 Å². The third kappa shape index (κ3) is 2.58. The first kappa shape index (κ1) is 13.1. The Kier molecular flexibility index (Phi) is 4.07. The maximum atomic E-state index is 12.5. The molecule has 5 heteroatoms. The third-order valence-corrected chi connectivity index (χ3v) is 3.73. The summed E-state index contributed by atoms with van der Waals surface area (Å²) in [6.07, 6.45) is 4.25. The molecule has 2 heterocycles. The summed E-state index contributed by atoms with van der Waals surface area (Å²) in [7, 11) is 0. The van der Waals surface area contributed by atoms with Crippen molar-refractivity contribution in [3.8, 4) is 0 Å². The summed E-state index contributed by atoms with van der Waals surface area (Å²) in [5.74, 6) is 0.228. The summed E-state index contributed by atoms with van der Waals surface area (Å²) in [5, 5.41) is 0.370. The van der Waals surface area contributed by atoms with Crippen LogP contribution in [0.5, 0.6) is 0 Å². The first-order valence-corrected chi connectivity index (χ1v) is 6.74. The van der Waals surface area contributed by atoms with Gasteiger partial charge in [0, 0.05) is 12.6 Å². The molecule has 2 rings (SSSR count). The second-order valence-electron chi connectivity index (χ2n) is 4.62. The molecule has 2 N–H and O–H groups in total. The van der Waals surface area contributed by atoms with Gasteiger partial charge in [0.15, 0.2) is 0 Å². The molecule has 1 saturated heterocycles. The van der Waals surface area contributed by atoms with Crippen LogP contribution in [0.15, 0.2) is 12.1 Å². The maximum absolute atomic E-state index is 12.5. The van der Waals surface area contributed by atoms with E-state index in [1.54, 1.807) is 12.1 Å². The first-order valence-electron chi connectivity index (χ1n) is 6.36. The minimum atomic E-state index is -0.0983. The molecule has 0 radical (unpaired) electrons. The Morgan fingerprint density at radius 3 is 3.06 bits per heavy atom. The third-order valence-electron chi connectivity index (χ3n) is 3.43. The lowest BCUT2D eigenvalue weighted by molar-refractivity contribution is 0.0602. The molecule has 18 heavy (non-hydrogen) atoms. The molecule has 4 nitrogen and oxygen atoms in total. The van der Waals surface area contributed by atoms with Gasteiger partial charge in [0.25, 0.3) is 5.91 Å². The zero-order valence-corrected chi connectivity index (χ0v) is 11.3. The van der Waals surface area contributed by atoms with Gasteiger partial charge in [0.1, 0.15) is 11.5 Å². The summed E-state index contributed by atoms with van der Waals surface area (Å²) >= 11 is 6.04. The van der Waals surface area contributed by atoms with E-state index in [2.05, 4.69) is 11.9 Å². The lowest BCUT2D eigenvalue weighted by Crippen LogP contribution is -2.43. The highest BCUT2D eigenvalue weighted by Gasteiger charge is 2.28. The smallest absolute Gasteiger partial charge is 0.274 e. The van der Waals surface area contributed by atoms with E-state index in [9.17, 15) is 4.79 Å². The number of hydrogen-bond donors (Lipinski definition) is 1. The van der Waals surface area contributed by atoms with Crippen LogP contribution < -0.4 is 5.73 Å². The number of amides is 1. The van der Waals surface area contributed by atoms with Gasteiger partial charge in [0.05, 0.1) is 5.02 Å². The fourth-order valence-electron chi connectivity index (χ4n) is 2.44. The fourth-order valence-corrected chi connectivity index (χ4v) is 2.62. The number of hydrogen-bond acceptors (Lipinski definition) is 3. The number of carbonyl (C=O) groups excluding carboxylic acids is 1. The number of rotatable bonds is 2. The monoisotopic (exact) mass is 267 g/mol. The lowest BCUT2D eigenvalue weighted by Gasteiger charge is -2.35. The van der Waals surface area contributed by atoms with E-state index in [-0.39, 0.29) is 11.6 Å². The molecule has 1 atom stereocenters. The van der Waals surface area contributed by atoms with Crippen molar-refractivity contribution in [2.24, 2.45) is 0 Å². The second kappa shape index (κ2) is 5.57. The van der Waals surface area contributed by atoms with Gasteiger partial charge in [0.2, 0.25) is 0 Å². The number of halogens is 1. The van der Waals surface area contributed by atoms with Gasteiger partial charge in [-0.15, -0.1) is 0 Å². The lowest BCUT2D eigenvalue weighted by atomic mass is 9.99. The van der Waals surface area contributed by atoms with Gasteiger partial charge in [-0.1, -0.05) is 18.5 Å². The van der Waals surface area contributed by atoms with Crippen molar-refractivity contribution < 1.29 is 4.79 Å². The normalized spacial score (nSPS) is 19.9. The molecule has 1 amide bonds. The molecule has 98 valence electrons. The van der Waals surface area contributed by atoms with Crippen LogP contribution in [-0.2, 0) is 0 Å². The van der Waals surface area contributed by atoms with E-state index < -0.39 is 0 Å². The molecule has 1 unspecified atom stereocenters. The number of nitrogens with two attached hydrogens (primary N) is 1. The van der Waals surface area contributed by atoms with E-state index in [0.717, 1.165) is 25.8 Å². The van der Waals surface area contributed by atoms with E-state index in [1.807, 2.05) is 4.90 Å². The standard InChI is InChI=1S/C13H18ClN3O/c1-2-9-5-3-4-8-17(9)13(18)12-10(14)6-7-11(15)16-12/h6-7,9H,2-5,8H2,1H3,(H2,15,16). The number of anilines is 1. The average Bonchev–Trinajstić information content (AvgIpc) is 2.40. The Morgan fingerprint density at radius 1 is 1.56 bits per heavy atom. The molecule has 1 aliphatic rings. The first-order chi connectivity index (χ1) is 8.63. The molecule has 0 aromatic carbocycles. The quantitative estimate of drug-likeness (QED) is 0.896. The molecule has 1 aromatic heterocycles. The average molecular weight is 268 g/mol. The van der Waals surface area contributed by atoms with Crippen molar-refractivity contribution in [1.82, 2.24) is 9.88 Å². The molecule has 0 spiro atoms. The van der Waals surface area contributed by atoms with Crippen LogP contribution in [0.3, 0.4) is 0 Å². The van der Waals surface area contributed by atoms with Crippen LogP contribution in [0, 0.1) is 0 Å². The topological polar surface area (TPSA) is 59.2 Å². The zero-order valence-electron chi connectivity index (χ0n) is 10.5. The summed E-state index contributed by atoms with van der Waals surface area (Å²) in [5.41, 5.74) is 5.90. The number of nitrogen functional groups attached to an aromatic ring is 1. The van der Waals surface area contributed by atoms with Crippen LogP contribution >= 0.6 is 11.6 Å². The van der Waals surface area contributed by atoms with Crippen LogP contribution in [-0.4, -0.2) is 28.4 Å². The van der Waals surface area contributed by atoms with Gasteiger partial charge in [-0.2, -0.15) is 0 Å². The number of pyridine rings is 1. The number of piperidine rings is 1. The van der Waals surface area contributed by atoms with Crippen molar-refractivity contribution in [2.45, 2.75) is 38.6 Å². The van der Waals surface area contributed by atoms with Crippen molar-refractivity contribution in [3.05, 3.63) is 22.8 Å². The van der Waals surface area contributed by atoms with Crippen LogP contribution in [0.25, 0.3) is 0 Å². The van der Waals surface area contributed by atoms with Crippen molar-refractivity contribution in [1.29, 1.82) is 0 Å². The Morgan fingerprint density at radius 2 is 2.33 bits per heavy atom. The Labute approximate surface area is 112 Å². The summed E-state index contributed by atoms with van der Waals surface area (Å²) < 4.78 is 0. The molecular formula is C13H18ClN3O. The largest absolute Gasteiger partial charge is 0.384 e. The Balaban J connectivity index is 2.26. The molecule has 0 aliphatic carbocycles. The molecule has 0 bridgehead atoms. The van der Waals surface area contributed by atoms with E-state index >= 15 is 0 Å². The van der Waals surface area contributed by atoms with Gasteiger partial charge < -0.3 is 10.6 Å². The van der Waals surface area contributed by atoms with Gasteiger partial charge in [-0.25, -0.2) is 4.98 Å². The van der Waals surface area contributed by atoms with Crippen LogP contribution in [0.2, 0.25) is 5.02 Å². The number of likely N-dealkylation sites (tertiary alicyclic amines) is 1.